The van der Waals surface area contributed by atoms with Gasteiger partial charge in [0.05, 0.1) is 18.5 Å². The summed E-state index contributed by atoms with van der Waals surface area (Å²) in [7, 11) is -11.3. The molecule has 1 heterocycles. The highest BCUT2D eigenvalue weighted by atomic mass is 31.3. The van der Waals surface area contributed by atoms with Crippen LogP contribution in [0.2, 0.25) is 0 Å². The molecule has 0 spiro atoms. The minimum Gasteiger partial charge on any atom is -0.259 e. The average Bonchev–Trinajstić information content (AvgIpc) is 2.14. The number of allylic oxidation sites excluding steroid dienone is 3. The van der Waals surface area contributed by atoms with Gasteiger partial charge in [0.1, 0.15) is 0 Å². The largest absolute Gasteiger partial charge is 0.348 e. The van der Waals surface area contributed by atoms with Crippen molar-refractivity contribution in [2.45, 2.75) is 0 Å². The zero-order valence-corrected chi connectivity index (χ0v) is 12.4. The lowest BCUT2D eigenvalue weighted by Gasteiger charge is -2.32. The molecule has 0 N–H and O–H groups in total. The summed E-state index contributed by atoms with van der Waals surface area (Å²) in [5.41, 5.74) is 0. The van der Waals surface area contributed by atoms with E-state index in [1.54, 1.807) is 0 Å². The minimum atomic E-state index is -3.78. The fourth-order valence-electron chi connectivity index (χ4n) is 1.29. The first-order valence-electron chi connectivity index (χ1n) is 5.04. The van der Waals surface area contributed by atoms with E-state index in [4.69, 9.17) is 12.9 Å². The van der Waals surface area contributed by atoms with E-state index < -0.39 is 22.8 Å². The average molecular weight is 312 g/mol. The van der Waals surface area contributed by atoms with Crippen molar-refractivity contribution in [2.24, 2.45) is 0 Å². The standard InChI is InChI=1S/C9H15O6P3/c1-4-7-16(10)13-17(11,8-5-2)15-18(12,14-16)9-6-3/h4-6H,1-3,7-9H2. The quantitative estimate of drug-likeness (QED) is 0.540. The minimum absolute atomic E-state index is 0.196. The van der Waals surface area contributed by atoms with Gasteiger partial charge in [-0.15, -0.1) is 19.7 Å². The van der Waals surface area contributed by atoms with Gasteiger partial charge in [-0.2, -0.15) is 0 Å². The molecule has 1 saturated heterocycles. The van der Waals surface area contributed by atoms with Gasteiger partial charge in [-0.05, 0) is 0 Å². The third-order valence-corrected chi connectivity index (χ3v) is 9.89. The normalized spacial score (nSPS) is 40.0. The van der Waals surface area contributed by atoms with E-state index in [9.17, 15) is 13.7 Å². The van der Waals surface area contributed by atoms with Crippen LogP contribution in [0.25, 0.3) is 0 Å². The molecule has 1 aliphatic heterocycles. The predicted octanol–water partition coefficient (Wildman–Crippen LogP) is 4.19. The number of hydrogen-bond acceptors (Lipinski definition) is 6. The first-order valence-corrected chi connectivity index (χ1v) is 10.2. The molecule has 6 nitrogen and oxygen atoms in total. The van der Waals surface area contributed by atoms with Crippen LogP contribution in [0.5, 0.6) is 0 Å². The summed E-state index contributed by atoms with van der Waals surface area (Å²) in [6, 6.07) is 0. The van der Waals surface area contributed by atoms with Crippen LogP contribution in [0, 0.1) is 0 Å². The summed E-state index contributed by atoms with van der Waals surface area (Å²) in [5, 5.41) is 0. The molecule has 1 fully saturated rings. The summed E-state index contributed by atoms with van der Waals surface area (Å²) in [6.45, 7) is 10.2. The third-order valence-electron chi connectivity index (χ3n) is 1.80. The van der Waals surface area contributed by atoms with Crippen molar-refractivity contribution in [2.75, 3.05) is 18.5 Å². The summed E-state index contributed by atoms with van der Waals surface area (Å²) >= 11 is 0. The maximum absolute atomic E-state index is 12.2. The van der Waals surface area contributed by atoms with Gasteiger partial charge < -0.3 is 0 Å². The van der Waals surface area contributed by atoms with Crippen molar-refractivity contribution in [3.8, 4) is 0 Å². The second-order valence-electron chi connectivity index (χ2n) is 3.49. The van der Waals surface area contributed by atoms with E-state index in [2.05, 4.69) is 19.7 Å². The van der Waals surface area contributed by atoms with Crippen LogP contribution in [0.15, 0.2) is 38.0 Å². The van der Waals surface area contributed by atoms with Crippen molar-refractivity contribution in [1.29, 1.82) is 0 Å². The van der Waals surface area contributed by atoms with Crippen molar-refractivity contribution >= 4 is 22.8 Å². The second kappa shape index (κ2) is 5.83. The predicted molar refractivity (Wildman–Crippen MR) is 71.3 cm³/mol. The van der Waals surface area contributed by atoms with E-state index >= 15 is 0 Å². The fourth-order valence-corrected chi connectivity index (χ4v) is 9.55. The van der Waals surface area contributed by atoms with Gasteiger partial charge in [0.2, 0.25) is 0 Å². The Morgan fingerprint density at radius 1 is 0.667 bits per heavy atom. The maximum Gasteiger partial charge on any atom is 0.348 e. The molecule has 0 aromatic rings. The fraction of sp³-hybridized carbons (Fsp3) is 0.333. The van der Waals surface area contributed by atoms with Crippen molar-refractivity contribution < 1.29 is 26.6 Å². The Labute approximate surface area is 106 Å². The van der Waals surface area contributed by atoms with Gasteiger partial charge in [0.25, 0.3) is 0 Å². The third kappa shape index (κ3) is 3.89. The summed E-state index contributed by atoms with van der Waals surface area (Å²) in [5.74, 6) is 0. The molecule has 0 saturated carbocycles. The molecule has 102 valence electrons. The Morgan fingerprint density at radius 2 is 0.889 bits per heavy atom. The molecule has 0 bridgehead atoms. The van der Waals surface area contributed by atoms with E-state index in [0.717, 1.165) is 0 Å². The second-order valence-corrected chi connectivity index (χ2v) is 10.2. The molecule has 1 aliphatic rings. The Kier molecular flexibility index (Phi) is 5.13. The van der Waals surface area contributed by atoms with E-state index in [1.165, 1.54) is 18.2 Å². The zero-order chi connectivity index (χ0) is 13.9. The van der Waals surface area contributed by atoms with E-state index in [1.807, 2.05) is 0 Å². The Balaban J connectivity index is 3.14. The summed E-state index contributed by atoms with van der Waals surface area (Å²) < 4.78 is 51.3. The van der Waals surface area contributed by atoms with Crippen LogP contribution in [0.4, 0.5) is 0 Å². The number of rotatable bonds is 6. The van der Waals surface area contributed by atoms with Gasteiger partial charge in [-0.25, -0.2) is 12.9 Å². The zero-order valence-electron chi connectivity index (χ0n) is 9.77. The Bertz CT molecular complexity index is 407. The molecule has 18 heavy (non-hydrogen) atoms. The molecule has 0 amide bonds. The highest BCUT2D eigenvalue weighted by Crippen LogP contribution is 2.81. The van der Waals surface area contributed by atoms with Crippen molar-refractivity contribution in [3.05, 3.63) is 38.0 Å². The first kappa shape index (κ1) is 15.8. The molecule has 0 aromatic carbocycles. The van der Waals surface area contributed by atoms with Crippen LogP contribution in [-0.4, -0.2) is 18.5 Å². The highest BCUT2D eigenvalue weighted by Gasteiger charge is 2.50. The smallest absolute Gasteiger partial charge is 0.259 e. The highest BCUT2D eigenvalue weighted by molar-refractivity contribution is 7.80. The lowest BCUT2D eigenvalue weighted by atomic mass is 10.8. The molecule has 0 unspecified atom stereocenters. The molecule has 0 atom stereocenters. The van der Waals surface area contributed by atoms with Crippen LogP contribution < -0.4 is 0 Å². The SMILES string of the molecule is C=CCP1(=O)OP(=O)(CC=C)OP(=O)(CC=C)O1. The van der Waals surface area contributed by atoms with Crippen molar-refractivity contribution in [1.82, 2.24) is 0 Å². The van der Waals surface area contributed by atoms with Crippen LogP contribution in [0.1, 0.15) is 0 Å². The summed E-state index contributed by atoms with van der Waals surface area (Å²) in [6.07, 6.45) is 3.25. The van der Waals surface area contributed by atoms with Gasteiger partial charge in [-0.1, -0.05) is 18.2 Å². The molecular weight excluding hydrogens is 297 g/mol. The number of hydrogen-bond donors (Lipinski definition) is 0. The van der Waals surface area contributed by atoms with Gasteiger partial charge in [-0.3, -0.25) is 13.7 Å². The molecule has 0 aliphatic carbocycles. The van der Waals surface area contributed by atoms with Crippen LogP contribution in [-0.2, 0) is 26.6 Å². The Hall–Kier alpha value is -0.210. The maximum atomic E-state index is 12.2. The molecular formula is C9H15O6P3. The molecule has 1 rings (SSSR count). The van der Waals surface area contributed by atoms with Crippen LogP contribution in [0.3, 0.4) is 0 Å². The summed E-state index contributed by atoms with van der Waals surface area (Å²) in [4.78, 5) is 0. The van der Waals surface area contributed by atoms with E-state index in [0.29, 0.717) is 0 Å². The first-order chi connectivity index (χ1) is 8.30. The Morgan fingerprint density at radius 3 is 1.06 bits per heavy atom. The topological polar surface area (TPSA) is 78.9 Å². The van der Waals surface area contributed by atoms with Gasteiger partial charge >= 0.3 is 22.8 Å². The van der Waals surface area contributed by atoms with Crippen molar-refractivity contribution in [3.63, 3.8) is 0 Å². The van der Waals surface area contributed by atoms with Gasteiger partial charge in [0.15, 0.2) is 0 Å². The monoisotopic (exact) mass is 312 g/mol. The lowest BCUT2D eigenvalue weighted by Crippen LogP contribution is -2.09. The van der Waals surface area contributed by atoms with Gasteiger partial charge in [0, 0.05) is 0 Å². The van der Waals surface area contributed by atoms with E-state index in [-0.39, 0.29) is 18.5 Å². The molecule has 0 aromatic heterocycles. The van der Waals surface area contributed by atoms with Crippen LogP contribution >= 0.6 is 22.8 Å². The molecule has 0 radical (unpaired) electrons. The molecule has 9 heteroatoms. The lowest BCUT2D eigenvalue weighted by molar-refractivity contribution is 0.282.